The maximum atomic E-state index is 6.46. The number of rotatable bonds is 3. The van der Waals surface area contributed by atoms with Gasteiger partial charge in [-0.3, -0.25) is 0 Å². The zero-order valence-corrected chi connectivity index (χ0v) is 12.1. The largest absolute Gasteiger partial charge is 0.324 e. The summed E-state index contributed by atoms with van der Waals surface area (Å²) in [7, 11) is 0. The zero-order valence-electron chi connectivity index (χ0n) is 10.6. The fourth-order valence-corrected chi connectivity index (χ4v) is 2.76. The highest BCUT2D eigenvalue weighted by Crippen LogP contribution is 2.51. The van der Waals surface area contributed by atoms with Gasteiger partial charge in [-0.25, -0.2) is 0 Å². The van der Waals surface area contributed by atoms with Crippen LogP contribution in [0.3, 0.4) is 0 Å². The van der Waals surface area contributed by atoms with Gasteiger partial charge in [0.15, 0.2) is 0 Å². The van der Waals surface area contributed by atoms with Gasteiger partial charge in [-0.2, -0.15) is 0 Å². The lowest BCUT2D eigenvalue weighted by atomic mass is 10.00. The first-order chi connectivity index (χ1) is 8.67. The van der Waals surface area contributed by atoms with E-state index in [1.165, 1.54) is 11.1 Å². The topological polar surface area (TPSA) is 26.0 Å². The van der Waals surface area contributed by atoms with E-state index in [4.69, 9.17) is 17.3 Å². The molecule has 0 aromatic heterocycles. The van der Waals surface area contributed by atoms with Crippen molar-refractivity contribution in [3.8, 4) is 0 Å². The molecule has 0 unspecified atom stereocenters. The van der Waals surface area contributed by atoms with Gasteiger partial charge < -0.3 is 5.73 Å². The Morgan fingerprint density at radius 1 is 1.05 bits per heavy atom. The van der Waals surface area contributed by atoms with Crippen molar-refractivity contribution in [2.24, 2.45) is 5.73 Å². The molecule has 2 aromatic rings. The summed E-state index contributed by atoms with van der Waals surface area (Å²) in [5.41, 5.74) is 9.01. The standard InChI is InChI=1S/C16H16ClN.ClH/c17-14-8-6-13(7-9-14)15-11-16(15,18)10-12-4-2-1-3-5-12;/h1-9,15H,10-11,18H2;1H/t15-,16-;/m1./s1. The minimum absolute atomic E-state index is 0. The Morgan fingerprint density at radius 2 is 1.68 bits per heavy atom. The first kappa shape index (κ1) is 14.4. The van der Waals surface area contributed by atoms with E-state index in [0.29, 0.717) is 5.92 Å². The molecule has 0 heterocycles. The molecule has 3 rings (SSSR count). The van der Waals surface area contributed by atoms with E-state index in [9.17, 15) is 0 Å². The molecule has 3 heteroatoms. The Kier molecular flexibility index (Phi) is 4.19. The van der Waals surface area contributed by atoms with E-state index in [1.807, 2.05) is 18.2 Å². The van der Waals surface area contributed by atoms with Gasteiger partial charge in [-0.05, 0) is 36.1 Å². The molecule has 2 aromatic carbocycles. The molecule has 1 fully saturated rings. The average molecular weight is 294 g/mol. The van der Waals surface area contributed by atoms with Gasteiger partial charge in [-0.15, -0.1) is 12.4 Å². The highest BCUT2D eigenvalue weighted by Gasteiger charge is 2.51. The van der Waals surface area contributed by atoms with Crippen molar-refractivity contribution in [1.82, 2.24) is 0 Å². The quantitative estimate of drug-likeness (QED) is 0.902. The first-order valence-corrected chi connectivity index (χ1v) is 6.63. The van der Waals surface area contributed by atoms with Crippen LogP contribution in [0.5, 0.6) is 0 Å². The van der Waals surface area contributed by atoms with Crippen molar-refractivity contribution in [1.29, 1.82) is 0 Å². The van der Waals surface area contributed by atoms with Crippen LogP contribution in [0.2, 0.25) is 5.02 Å². The van der Waals surface area contributed by atoms with Crippen LogP contribution < -0.4 is 5.73 Å². The van der Waals surface area contributed by atoms with Gasteiger partial charge >= 0.3 is 0 Å². The van der Waals surface area contributed by atoms with Crippen molar-refractivity contribution in [2.45, 2.75) is 24.3 Å². The SMILES string of the molecule is Cl.N[C@]1(Cc2ccccc2)C[C@@H]1c1ccc(Cl)cc1. The molecular formula is C16H17Cl2N. The Morgan fingerprint density at radius 3 is 2.32 bits per heavy atom. The molecule has 0 radical (unpaired) electrons. The lowest BCUT2D eigenvalue weighted by Gasteiger charge is -2.12. The van der Waals surface area contributed by atoms with E-state index in [-0.39, 0.29) is 17.9 Å². The summed E-state index contributed by atoms with van der Waals surface area (Å²) < 4.78 is 0. The van der Waals surface area contributed by atoms with Gasteiger partial charge in [0.05, 0.1) is 0 Å². The maximum Gasteiger partial charge on any atom is 0.0406 e. The normalized spacial score (nSPS) is 24.6. The number of benzene rings is 2. The van der Waals surface area contributed by atoms with Gasteiger partial charge in [0.25, 0.3) is 0 Å². The summed E-state index contributed by atoms with van der Waals surface area (Å²) in [5, 5.41) is 0.782. The third-order valence-corrected chi connectivity index (χ3v) is 4.02. The summed E-state index contributed by atoms with van der Waals surface area (Å²) in [5.74, 6) is 0.468. The molecule has 19 heavy (non-hydrogen) atoms. The van der Waals surface area contributed by atoms with Crippen LogP contribution in [-0.2, 0) is 6.42 Å². The molecule has 2 atom stereocenters. The number of hydrogen-bond donors (Lipinski definition) is 1. The van der Waals surface area contributed by atoms with Crippen molar-refractivity contribution in [2.75, 3.05) is 0 Å². The smallest absolute Gasteiger partial charge is 0.0406 e. The summed E-state index contributed by atoms with van der Waals surface area (Å²) in [6.45, 7) is 0. The molecule has 1 aliphatic rings. The number of halogens is 2. The van der Waals surface area contributed by atoms with E-state index in [1.54, 1.807) is 0 Å². The second-order valence-corrected chi connectivity index (χ2v) is 5.64. The van der Waals surface area contributed by atoms with Crippen LogP contribution >= 0.6 is 24.0 Å². The Labute approximate surface area is 125 Å². The van der Waals surface area contributed by atoms with Gasteiger partial charge in [0.2, 0.25) is 0 Å². The lowest BCUT2D eigenvalue weighted by molar-refractivity contribution is 0.646. The number of nitrogens with two attached hydrogens (primary N) is 1. The molecule has 0 amide bonds. The van der Waals surface area contributed by atoms with Crippen molar-refractivity contribution >= 4 is 24.0 Å². The monoisotopic (exact) mass is 293 g/mol. The summed E-state index contributed by atoms with van der Waals surface area (Å²) in [6, 6.07) is 18.5. The van der Waals surface area contributed by atoms with Crippen LogP contribution in [0.4, 0.5) is 0 Å². The zero-order chi connectivity index (χ0) is 12.6. The van der Waals surface area contributed by atoms with E-state index in [2.05, 4.69) is 36.4 Å². The second kappa shape index (κ2) is 5.54. The third-order valence-electron chi connectivity index (χ3n) is 3.77. The lowest BCUT2D eigenvalue weighted by Crippen LogP contribution is -2.27. The predicted molar refractivity (Wildman–Crippen MR) is 83.1 cm³/mol. The molecule has 0 aliphatic heterocycles. The summed E-state index contributed by atoms with van der Waals surface area (Å²) >= 11 is 5.91. The summed E-state index contributed by atoms with van der Waals surface area (Å²) in [6.07, 6.45) is 2.00. The van der Waals surface area contributed by atoms with Crippen molar-refractivity contribution < 1.29 is 0 Å². The first-order valence-electron chi connectivity index (χ1n) is 6.26. The Balaban J connectivity index is 0.00000133. The fraction of sp³-hybridized carbons (Fsp3) is 0.250. The molecule has 1 aliphatic carbocycles. The summed E-state index contributed by atoms with van der Waals surface area (Å²) in [4.78, 5) is 0. The van der Waals surface area contributed by atoms with Crippen LogP contribution in [0.25, 0.3) is 0 Å². The predicted octanol–water partition coefficient (Wildman–Crippen LogP) is 4.19. The maximum absolute atomic E-state index is 6.46. The molecular weight excluding hydrogens is 277 g/mol. The van der Waals surface area contributed by atoms with E-state index in [0.717, 1.165) is 17.9 Å². The van der Waals surface area contributed by atoms with Crippen LogP contribution in [0.1, 0.15) is 23.5 Å². The van der Waals surface area contributed by atoms with Gasteiger partial charge in [0.1, 0.15) is 0 Å². The minimum Gasteiger partial charge on any atom is -0.324 e. The fourth-order valence-electron chi connectivity index (χ4n) is 2.64. The Bertz CT molecular complexity index is 538. The van der Waals surface area contributed by atoms with Gasteiger partial charge in [0, 0.05) is 16.5 Å². The third kappa shape index (κ3) is 3.11. The Hall–Kier alpha value is -1.02. The van der Waals surface area contributed by atoms with E-state index >= 15 is 0 Å². The van der Waals surface area contributed by atoms with Crippen molar-refractivity contribution in [3.63, 3.8) is 0 Å². The molecule has 1 saturated carbocycles. The van der Waals surface area contributed by atoms with Crippen LogP contribution in [0, 0.1) is 0 Å². The molecule has 100 valence electrons. The molecule has 1 nitrogen and oxygen atoms in total. The average Bonchev–Trinajstić information content (AvgIpc) is 3.03. The van der Waals surface area contributed by atoms with Crippen LogP contribution in [-0.4, -0.2) is 5.54 Å². The molecule has 0 spiro atoms. The van der Waals surface area contributed by atoms with E-state index < -0.39 is 0 Å². The number of hydrogen-bond acceptors (Lipinski definition) is 1. The molecule has 0 bridgehead atoms. The highest BCUT2D eigenvalue weighted by molar-refractivity contribution is 6.30. The van der Waals surface area contributed by atoms with Crippen molar-refractivity contribution in [3.05, 3.63) is 70.7 Å². The van der Waals surface area contributed by atoms with Gasteiger partial charge in [-0.1, -0.05) is 54.1 Å². The highest BCUT2D eigenvalue weighted by atomic mass is 35.5. The minimum atomic E-state index is -0.0742. The molecule has 2 N–H and O–H groups in total. The van der Waals surface area contributed by atoms with Crippen LogP contribution in [0.15, 0.2) is 54.6 Å². The molecule has 0 saturated heterocycles. The second-order valence-electron chi connectivity index (χ2n) is 5.20.